The van der Waals surface area contributed by atoms with Crippen LogP contribution in [0.5, 0.6) is 0 Å². The predicted octanol–water partition coefficient (Wildman–Crippen LogP) is 2.64. The van der Waals surface area contributed by atoms with Gasteiger partial charge in [0, 0.05) is 50.2 Å². The minimum Gasteiger partial charge on any atom is -0.399 e. The van der Waals surface area contributed by atoms with E-state index in [1.807, 2.05) is 18.2 Å². The average molecular weight is 335 g/mol. The first-order valence-electron chi connectivity index (χ1n) is 8.84. The summed E-state index contributed by atoms with van der Waals surface area (Å²) >= 11 is 0. The van der Waals surface area contributed by atoms with Gasteiger partial charge in [-0.2, -0.15) is 0 Å². The molecule has 0 unspecified atom stereocenters. The summed E-state index contributed by atoms with van der Waals surface area (Å²) in [7, 11) is 2.19. The molecule has 2 aromatic heterocycles. The van der Waals surface area contributed by atoms with E-state index in [0.29, 0.717) is 0 Å². The van der Waals surface area contributed by atoms with Gasteiger partial charge in [-0.15, -0.1) is 0 Å². The second-order valence-electron chi connectivity index (χ2n) is 7.04. The molecule has 130 valence electrons. The molecule has 0 atom stereocenters. The maximum Gasteiger partial charge on any atom is 0.137 e. The molecule has 2 N–H and O–H groups in total. The van der Waals surface area contributed by atoms with E-state index >= 15 is 0 Å². The van der Waals surface area contributed by atoms with E-state index in [0.717, 1.165) is 55.3 Å². The zero-order valence-corrected chi connectivity index (χ0v) is 14.9. The standard InChI is InChI=1S/C20H25N5/c1-15-6-7-25-18(14-24-10-8-23(2)9-11-24)20(22-19(25)12-15)16-4-3-5-17(21)13-16/h3-7,12-13H,8-11,14,21H2,1-2H3. The van der Waals surface area contributed by atoms with Crippen molar-refractivity contribution in [2.24, 2.45) is 0 Å². The van der Waals surface area contributed by atoms with E-state index in [2.05, 4.69) is 52.6 Å². The van der Waals surface area contributed by atoms with Gasteiger partial charge in [0.25, 0.3) is 0 Å². The van der Waals surface area contributed by atoms with Gasteiger partial charge >= 0.3 is 0 Å². The van der Waals surface area contributed by atoms with Crippen molar-refractivity contribution < 1.29 is 0 Å². The molecule has 1 aliphatic heterocycles. The number of nitrogen functional groups attached to an aromatic ring is 1. The van der Waals surface area contributed by atoms with Crippen molar-refractivity contribution in [3.8, 4) is 11.3 Å². The van der Waals surface area contributed by atoms with Gasteiger partial charge in [-0.25, -0.2) is 4.98 Å². The first kappa shape index (κ1) is 16.1. The number of likely N-dealkylation sites (N-methyl/N-ethyl adjacent to an activating group) is 1. The first-order valence-corrected chi connectivity index (χ1v) is 8.84. The van der Waals surface area contributed by atoms with Crippen LogP contribution in [-0.2, 0) is 6.54 Å². The summed E-state index contributed by atoms with van der Waals surface area (Å²) in [6.07, 6.45) is 2.14. The van der Waals surface area contributed by atoms with Crippen molar-refractivity contribution in [3.63, 3.8) is 0 Å². The topological polar surface area (TPSA) is 49.8 Å². The predicted molar refractivity (Wildman–Crippen MR) is 103 cm³/mol. The lowest BCUT2D eigenvalue weighted by Crippen LogP contribution is -2.44. The molecule has 0 aliphatic carbocycles. The molecule has 1 fully saturated rings. The van der Waals surface area contributed by atoms with E-state index in [9.17, 15) is 0 Å². The highest BCUT2D eigenvalue weighted by atomic mass is 15.3. The molecule has 3 heterocycles. The Morgan fingerprint density at radius 1 is 1.08 bits per heavy atom. The van der Waals surface area contributed by atoms with Gasteiger partial charge < -0.3 is 15.0 Å². The number of nitrogens with two attached hydrogens (primary N) is 1. The largest absolute Gasteiger partial charge is 0.399 e. The van der Waals surface area contributed by atoms with Gasteiger partial charge in [0.1, 0.15) is 5.65 Å². The number of imidazole rings is 1. The highest BCUT2D eigenvalue weighted by molar-refractivity contribution is 5.69. The van der Waals surface area contributed by atoms with E-state index in [1.54, 1.807) is 0 Å². The number of piperazine rings is 1. The van der Waals surface area contributed by atoms with Gasteiger partial charge in [-0.3, -0.25) is 4.90 Å². The van der Waals surface area contributed by atoms with E-state index < -0.39 is 0 Å². The molecule has 1 aliphatic rings. The number of fused-ring (bicyclic) bond motifs is 1. The lowest BCUT2D eigenvalue weighted by atomic mass is 10.1. The summed E-state index contributed by atoms with van der Waals surface area (Å²) in [5, 5.41) is 0. The van der Waals surface area contributed by atoms with Crippen molar-refractivity contribution in [1.82, 2.24) is 19.2 Å². The van der Waals surface area contributed by atoms with Crippen LogP contribution in [0.25, 0.3) is 16.9 Å². The van der Waals surface area contributed by atoms with Crippen LogP contribution in [0.1, 0.15) is 11.3 Å². The Balaban J connectivity index is 1.78. The van der Waals surface area contributed by atoms with Crippen molar-refractivity contribution in [2.75, 3.05) is 39.0 Å². The van der Waals surface area contributed by atoms with E-state index in [1.165, 1.54) is 11.3 Å². The number of aryl methyl sites for hydroxylation is 1. The van der Waals surface area contributed by atoms with Crippen molar-refractivity contribution in [2.45, 2.75) is 13.5 Å². The average Bonchev–Trinajstić information content (AvgIpc) is 2.94. The maximum atomic E-state index is 6.01. The molecule has 0 bridgehead atoms. The molecule has 4 rings (SSSR count). The van der Waals surface area contributed by atoms with E-state index in [4.69, 9.17) is 10.7 Å². The van der Waals surface area contributed by atoms with Crippen LogP contribution in [0.15, 0.2) is 42.6 Å². The lowest BCUT2D eigenvalue weighted by Gasteiger charge is -2.32. The monoisotopic (exact) mass is 335 g/mol. The Kier molecular flexibility index (Phi) is 4.19. The number of aromatic nitrogens is 2. The molecule has 0 amide bonds. The van der Waals surface area contributed by atoms with Crippen molar-refractivity contribution in [1.29, 1.82) is 0 Å². The third kappa shape index (κ3) is 3.25. The van der Waals surface area contributed by atoms with Gasteiger partial charge in [0.15, 0.2) is 0 Å². The molecule has 3 aromatic rings. The molecule has 1 aromatic carbocycles. The SMILES string of the molecule is Cc1ccn2c(CN3CCN(C)CC3)c(-c3cccc(N)c3)nc2c1. The van der Waals surface area contributed by atoms with Crippen molar-refractivity contribution in [3.05, 3.63) is 53.9 Å². The van der Waals surface area contributed by atoms with Crippen LogP contribution in [0.3, 0.4) is 0 Å². The number of anilines is 1. The molecule has 0 spiro atoms. The zero-order chi connectivity index (χ0) is 17.4. The fraction of sp³-hybridized carbons (Fsp3) is 0.350. The number of hydrogen-bond donors (Lipinski definition) is 1. The van der Waals surface area contributed by atoms with Crippen LogP contribution in [0.4, 0.5) is 5.69 Å². The molecule has 5 nitrogen and oxygen atoms in total. The second kappa shape index (κ2) is 6.50. The first-order chi connectivity index (χ1) is 12.1. The summed E-state index contributed by atoms with van der Waals surface area (Å²) in [4.78, 5) is 9.83. The number of rotatable bonds is 3. The molecule has 1 saturated heterocycles. The Morgan fingerprint density at radius 2 is 1.88 bits per heavy atom. The normalized spacial score (nSPS) is 16.6. The molecular formula is C20H25N5. The van der Waals surface area contributed by atoms with E-state index in [-0.39, 0.29) is 0 Å². The van der Waals surface area contributed by atoms with Crippen LogP contribution in [0, 0.1) is 6.92 Å². The highest BCUT2D eigenvalue weighted by Crippen LogP contribution is 2.27. The maximum absolute atomic E-state index is 6.01. The summed E-state index contributed by atoms with van der Waals surface area (Å²) in [5.41, 5.74) is 12.4. The summed E-state index contributed by atoms with van der Waals surface area (Å²) in [5.74, 6) is 0. The number of hydrogen-bond acceptors (Lipinski definition) is 4. The van der Waals surface area contributed by atoms with Gasteiger partial charge in [-0.1, -0.05) is 12.1 Å². The zero-order valence-electron chi connectivity index (χ0n) is 14.9. The second-order valence-corrected chi connectivity index (χ2v) is 7.04. The van der Waals surface area contributed by atoms with Gasteiger partial charge in [0.05, 0.1) is 11.4 Å². The molecule has 25 heavy (non-hydrogen) atoms. The fourth-order valence-electron chi connectivity index (χ4n) is 3.48. The lowest BCUT2D eigenvalue weighted by molar-refractivity contribution is 0.147. The van der Waals surface area contributed by atoms with Crippen LogP contribution in [0.2, 0.25) is 0 Å². The smallest absolute Gasteiger partial charge is 0.137 e. The molecule has 0 saturated carbocycles. The fourth-order valence-corrected chi connectivity index (χ4v) is 3.48. The quantitative estimate of drug-likeness (QED) is 0.748. The Hall–Kier alpha value is -2.37. The molecule has 0 radical (unpaired) electrons. The molecule has 5 heteroatoms. The minimum atomic E-state index is 0.774. The Labute approximate surface area is 148 Å². The summed E-state index contributed by atoms with van der Waals surface area (Å²) < 4.78 is 2.23. The Morgan fingerprint density at radius 3 is 2.64 bits per heavy atom. The summed E-state index contributed by atoms with van der Waals surface area (Å²) in [6, 6.07) is 12.3. The third-order valence-corrected chi connectivity index (χ3v) is 5.01. The Bertz CT molecular complexity index is 890. The molecular weight excluding hydrogens is 310 g/mol. The van der Waals surface area contributed by atoms with Gasteiger partial charge in [0.2, 0.25) is 0 Å². The van der Waals surface area contributed by atoms with Crippen LogP contribution < -0.4 is 5.73 Å². The third-order valence-electron chi connectivity index (χ3n) is 5.01. The number of pyridine rings is 1. The number of nitrogens with zero attached hydrogens (tertiary/aromatic N) is 4. The van der Waals surface area contributed by atoms with Crippen LogP contribution in [-0.4, -0.2) is 52.4 Å². The summed E-state index contributed by atoms with van der Waals surface area (Å²) in [6.45, 7) is 7.42. The highest BCUT2D eigenvalue weighted by Gasteiger charge is 2.20. The van der Waals surface area contributed by atoms with Gasteiger partial charge in [-0.05, 0) is 43.8 Å². The van der Waals surface area contributed by atoms with Crippen molar-refractivity contribution >= 4 is 11.3 Å². The van der Waals surface area contributed by atoms with Crippen LogP contribution >= 0.6 is 0 Å². The number of benzene rings is 1. The minimum absolute atomic E-state index is 0.774.